The highest BCUT2D eigenvalue weighted by atomic mass is 16.4. The Morgan fingerprint density at radius 3 is 2.47 bits per heavy atom. The van der Waals surface area contributed by atoms with E-state index < -0.39 is 12.0 Å². The Morgan fingerprint density at radius 1 is 1.42 bits per heavy atom. The standard InChI is InChI=1S/C13H21N3O3/c1-3-5-15(6-4-2)9-7-8-10(14)12(17)16(8)11(9)13(18)19/h8,10H,3-7,14H2,1-2H3,(H,18,19). The van der Waals surface area contributed by atoms with E-state index in [2.05, 4.69) is 18.7 Å². The summed E-state index contributed by atoms with van der Waals surface area (Å²) in [6, 6.07) is -0.707. The Morgan fingerprint density at radius 2 is 2.00 bits per heavy atom. The van der Waals surface area contributed by atoms with Gasteiger partial charge in [0.1, 0.15) is 11.7 Å². The molecule has 0 saturated carbocycles. The molecule has 6 heteroatoms. The normalized spacial score (nSPS) is 25.4. The summed E-state index contributed by atoms with van der Waals surface area (Å²) >= 11 is 0. The number of fused-ring (bicyclic) bond motifs is 1. The average molecular weight is 267 g/mol. The third-order valence-electron chi connectivity index (χ3n) is 3.76. The predicted octanol–water partition coefficient (Wildman–Crippen LogP) is 0.346. The van der Waals surface area contributed by atoms with Crippen molar-refractivity contribution in [2.75, 3.05) is 13.1 Å². The molecule has 3 N–H and O–H groups in total. The van der Waals surface area contributed by atoms with Crippen LogP contribution in [0.15, 0.2) is 11.4 Å². The van der Waals surface area contributed by atoms with E-state index in [0.717, 1.165) is 31.6 Å². The summed E-state index contributed by atoms with van der Waals surface area (Å²) in [5.41, 5.74) is 6.65. The molecule has 0 aromatic rings. The Labute approximate surface area is 112 Å². The first-order chi connectivity index (χ1) is 9.02. The summed E-state index contributed by atoms with van der Waals surface area (Å²) < 4.78 is 0. The third-order valence-corrected chi connectivity index (χ3v) is 3.76. The fraction of sp³-hybridized carbons (Fsp3) is 0.692. The van der Waals surface area contributed by atoms with Crippen LogP contribution in [0.25, 0.3) is 0 Å². The van der Waals surface area contributed by atoms with Crippen LogP contribution >= 0.6 is 0 Å². The van der Waals surface area contributed by atoms with Crippen molar-refractivity contribution < 1.29 is 14.7 Å². The minimum Gasteiger partial charge on any atom is -0.477 e. The van der Waals surface area contributed by atoms with Gasteiger partial charge in [0, 0.05) is 25.2 Å². The molecule has 2 atom stereocenters. The van der Waals surface area contributed by atoms with Crippen molar-refractivity contribution in [1.29, 1.82) is 0 Å². The average Bonchev–Trinajstić information content (AvgIpc) is 2.74. The number of carboxylic acids is 1. The quantitative estimate of drug-likeness (QED) is 0.678. The SMILES string of the molecule is CCCN(CCC)C1=C(C(=O)O)N2C(=O)C(N)C2C1. The number of nitrogens with two attached hydrogens (primary N) is 1. The summed E-state index contributed by atoms with van der Waals surface area (Å²) in [6.45, 7) is 5.74. The topological polar surface area (TPSA) is 86.9 Å². The van der Waals surface area contributed by atoms with Crippen molar-refractivity contribution in [2.24, 2.45) is 5.73 Å². The Hall–Kier alpha value is -1.56. The van der Waals surface area contributed by atoms with Crippen molar-refractivity contribution in [1.82, 2.24) is 9.80 Å². The molecule has 19 heavy (non-hydrogen) atoms. The van der Waals surface area contributed by atoms with Gasteiger partial charge in [-0.2, -0.15) is 0 Å². The van der Waals surface area contributed by atoms with E-state index in [-0.39, 0.29) is 17.6 Å². The molecule has 2 unspecified atom stereocenters. The van der Waals surface area contributed by atoms with Gasteiger partial charge in [0.2, 0.25) is 5.91 Å². The van der Waals surface area contributed by atoms with E-state index in [1.165, 1.54) is 4.90 Å². The summed E-state index contributed by atoms with van der Waals surface area (Å²) in [6.07, 6.45) is 2.46. The molecular formula is C13H21N3O3. The number of rotatable bonds is 6. The van der Waals surface area contributed by atoms with Gasteiger partial charge in [0.15, 0.2) is 0 Å². The second-order valence-electron chi connectivity index (χ2n) is 5.09. The molecule has 0 aliphatic carbocycles. The zero-order valence-corrected chi connectivity index (χ0v) is 11.4. The first-order valence-electron chi connectivity index (χ1n) is 6.82. The lowest BCUT2D eigenvalue weighted by atomic mass is 9.96. The van der Waals surface area contributed by atoms with E-state index in [1.807, 2.05) is 0 Å². The van der Waals surface area contributed by atoms with Gasteiger partial charge in [-0.25, -0.2) is 4.79 Å². The van der Waals surface area contributed by atoms with Gasteiger partial charge in [-0.15, -0.1) is 0 Å². The van der Waals surface area contributed by atoms with Gasteiger partial charge in [-0.3, -0.25) is 9.69 Å². The molecule has 1 amide bonds. The maximum atomic E-state index is 11.7. The highest BCUT2D eigenvalue weighted by Crippen LogP contribution is 2.39. The Bertz CT molecular complexity index is 427. The van der Waals surface area contributed by atoms with Crippen LogP contribution in [0.4, 0.5) is 0 Å². The molecule has 2 aliphatic rings. The Kier molecular flexibility index (Phi) is 3.80. The second-order valence-corrected chi connectivity index (χ2v) is 5.09. The van der Waals surface area contributed by atoms with Crippen LogP contribution < -0.4 is 5.73 Å². The molecule has 2 aliphatic heterocycles. The van der Waals surface area contributed by atoms with Crippen molar-refractivity contribution in [2.45, 2.75) is 45.2 Å². The molecule has 0 radical (unpaired) electrons. The fourth-order valence-electron chi connectivity index (χ4n) is 2.92. The van der Waals surface area contributed by atoms with E-state index in [0.29, 0.717) is 6.42 Å². The number of hydrogen-bond donors (Lipinski definition) is 2. The van der Waals surface area contributed by atoms with Crippen molar-refractivity contribution >= 4 is 11.9 Å². The second kappa shape index (κ2) is 5.21. The molecule has 1 saturated heterocycles. The largest absolute Gasteiger partial charge is 0.477 e. The lowest BCUT2D eigenvalue weighted by molar-refractivity contribution is -0.149. The summed E-state index contributed by atoms with van der Waals surface area (Å²) in [5, 5.41) is 9.38. The number of aliphatic carboxylic acids is 1. The van der Waals surface area contributed by atoms with Gasteiger partial charge in [-0.05, 0) is 12.8 Å². The Balaban J connectivity index is 2.31. The molecule has 1 fully saturated rings. The van der Waals surface area contributed by atoms with Crippen molar-refractivity contribution in [3.05, 3.63) is 11.4 Å². The van der Waals surface area contributed by atoms with Crippen LogP contribution in [-0.4, -0.2) is 52.0 Å². The number of nitrogens with zero attached hydrogens (tertiary/aromatic N) is 2. The highest BCUT2D eigenvalue weighted by molar-refractivity contribution is 6.00. The predicted molar refractivity (Wildman–Crippen MR) is 70.0 cm³/mol. The molecule has 2 rings (SSSR count). The van der Waals surface area contributed by atoms with Crippen LogP contribution in [0.1, 0.15) is 33.1 Å². The minimum atomic E-state index is -1.03. The summed E-state index contributed by atoms with van der Waals surface area (Å²) in [7, 11) is 0. The monoisotopic (exact) mass is 267 g/mol. The summed E-state index contributed by atoms with van der Waals surface area (Å²) in [4.78, 5) is 26.6. The number of carboxylic acid groups (broad SMARTS) is 1. The van der Waals surface area contributed by atoms with Gasteiger partial charge in [-0.1, -0.05) is 13.8 Å². The van der Waals surface area contributed by atoms with Gasteiger partial charge in [0.25, 0.3) is 0 Å². The van der Waals surface area contributed by atoms with E-state index in [1.54, 1.807) is 0 Å². The van der Waals surface area contributed by atoms with E-state index >= 15 is 0 Å². The van der Waals surface area contributed by atoms with Crippen LogP contribution in [0.3, 0.4) is 0 Å². The molecule has 0 bridgehead atoms. The zero-order chi connectivity index (χ0) is 14.2. The van der Waals surface area contributed by atoms with Crippen LogP contribution in [0.5, 0.6) is 0 Å². The molecule has 2 heterocycles. The summed E-state index contributed by atoms with van der Waals surface area (Å²) in [5.74, 6) is -1.31. The molecule has 0 aromatic carbocycles. The number of carbonyl (C=O) groups is 2. The van der Waals surface area contributed by atoms with E-state index in [9.17, 15) is 14.7 Å². The molecule has 6 nitrogen and oxygen atoms in total. The number of β-lactam (4-membered cyclic amide) rings is 1. The first-order valence-corrected chi connectivity index (χ1v) is 6.82. The van der Waals surface area contributed by atoms with Crippen LogP contribution in [0.2, 0.25) is 0 Å². The first kappa shape index (κ1) is 13.9. The zero-order valence-electron chi connectivity index (χ0n) is 11.4. The molecular weight excluding hydrogens is 246 g/mol. The smallest absolute Gasteiger partial charge is 0.354 e. The van der Waals surface area contributed by atoms with Gasteiger partial charge < -0.3 is 15.7 Å². The van der Waals surface area contributed by atoms with Crippen molar-refractivity contribution in [3.63, 3.8) is 0 Å². The number of hydrogen-bond acceptors (Lipinski definition) is 4. The molecule has 106 valence electrons. The highest BCUT2D eigenvalue weighted by Gasteiger charge is 2.54. The molecule has 0 spiro atoms. The van der Waals surface area contributed by atoms with Gasteiger partial charge >= 0.3 is 5.97 Å². The van der Waals surface area contributed by atoms with Crippen LogP contribution in [0, 0.1) is 0 Å². The minimum absolute atomic E-state index is 0.138. The van der Waals surface area contributed by atoms with Gasteiger partial charge in [0.05, 0.1) is 6.04 Å². The fourth-order valence-corrected chi connectivity index (χ4v) is 2.92. The number of carbonyl (C=O) groups excluding carboxylic acids is 1. The maximum Gasteiger partial charge on any atom is 0.354 e. The van der Waals surface area contributed by atoms with E-state index in [4.69, 9.17) is 5.73 Å². The molecule has 0 aromatic heterocycles. The number of amides is 1. The lowest BCUT2D eigenvalue weighted by Gasteiger charge is -2.40. The maximum absolute atomic E-state index is 11.7. The lowest BCUT2D eigenvalue weighted by Crippen LogP contribution is -2.66. The third kappa shape index (κ3) is 2.10. The van der Waals surface area contributed by atoms with Crippen molar-refractivity contribution in [3.8, 4) is 0 Å². The van der Waals surface area contributed by atoms with Crippen LogP contribution in [-0.2, 0) is 9.59 Å².